The van der Waals surface area contributed by atoms with Crippen LogP contribution < -0.4 is 5.32 Å². The van der Waals surface area contributed by atoms with E-state index in [0.717, 1.165) is 6.54 Å². The third-order valence-electron chi connectivity index (χ3n) is 2.83. The van der Waals surface area contributed by atoms with E-state index in [9.17, 15) is 4.79 Å². The van der Waals surface area contributed by atoms with Crippen molar-refractivity contribution in [1.29, 1.82) is 0 Å². The highest BCUT2D eigenvalue weighted by molar-refractivity contribution is 5.92. The summed E-state index contributed by atoms with van der Waals surface area (Å²) in [6, 6.07) is 5.84. The average molecular weight is 205 g/mol. The predicted octanol–water partition coefficient (Wildman–Crippen LogP) is 0.515. The number of carbonyl (C=O) groups is 1. The summed E-state index contributed by atoms with van der Waals surface area (Å²) in [5.74, 6) is -0.0871. The molecule has 0 aliphatic carbocycles. The summed E-state index contributed by atoms with van der Waals surface area (Å²) in [6.07, 6.45) is 2.80. The van der Waals surface area contributed by atoms with Gasteiger partial charge in [-0.25, -0.2) is 0 Å². The molecular formula is C11H15N3O. The fraction of sp³-hybridized carbons (Fsp3) is 0.455. The van der Waals surface area contributed by atoms with Crippen LogP contribution in [0.3, 0.4) is 0 Å². The van der Waals surface area contributed by atoms with Gasteiger partial charge in [0.2, 0.25) is 0 Å². The molecule has 1 aromatic heterocycles. The standard InChI is InChI=1S/C11H15N3O/c1-14-7-5-9(14)8-13-11(15)10-4-2-3-6-12-10/h2-4,6,9H,5,7-8H2,1H3,(H,13,15)/t9-/m0/s1. The van der Waals surface area contributed by atoms with E-state index in [1.165, 1.54) is 6.42 Å². The first-order valence-corrected chi connectivity index (χ1v) is 5.17. The van der Waals surface area contributed by atoms with Crippen LogP contribution in [0.1, 0.15) is 16.9 Å². The number of carbonyl (C=O) groups excluding carboxylic acids is 1. The Hall–Kier alpha value is -1.42. The van der Waals surface area contributed by atoms with Crippen LogP contribution in [0.2, 0.25) is 0 Å². The maximum atomic E-state index is 11.6. The molecule has 15 heavy (non-hydrogen) atoms. The number of aromatic nitrogens is 1. The first-order valence-electron chi connectivity index (χ1n) is 5.17. The Morgan fingerprint density at radius 3 is 3.07 bits per heavy atom. The zero-order chi connectivity index (χ0) is 10.7. The highest BCUT2D eigenvalue weighted by Crippen LogP contribution is 2.12. The van der Waals surface area contributed by atoms with E-state index in [4.69, 9.17) is 0 Å². The lowest BCUT2D eigenvalue weighted by molar-refractivity contribution is 0.0880. The maximum absolute atomic E-state index is 11.6. The summed E-state index contributed by atoms with van der Waals surface area (Å²) >= 11 is 0. The highest BCUT2D eigenvalue weighted by atomic mass is 16.1. The fourth-order valence-electron chi connectivity index (χ4n) is 1.63. The second kappa shape index (κ2) is 4.40. The van der Waals surface area contributed by atoms with Gasteiger partial charge in [0.15, 0.2) is 0 Å². The topological polar surface area (TPSA) is 45.2 Å². The van der Waals surface area contributed by atoms with Crippen LogP contribution in [0.25, 0.3) is 0 Å². The van der Waals surface area contributed by atoms with Crippen molar-refractivity contribution >= 4 is 5.91 Å². The summed E-state index contributed by atoms with van der Waals surface area (Å²) in [5.41, 5.74) is 0.486. The molecule has 0 radical (unpaired) electrons. The van der Waals surface area contributed by atoms with Crippen LogP contribution >= 0.6 is 0 Å². The van der Waals surface area contributed by atoms with Gasteiger partial charge in [0.05, 0.1) is 0 Å². The molecular weight excluding hydrogens is 190 g/mol. The van der Waals surface area contributed by atoms with Crippen LogP contribution in [0.5, 0.6) is 0 Å². The van der Waals surface area contributed by atoms with Gasteiger partial charge in [-0.2, -0.15) is 0 Å². The van der Waals surface area contributed by atoms with E-state index in [0.29, 0.717) is 18.3 Å². The largest absolute Gasteiger partial charge is 0.349 e. The molecule has 4 nitrogen and oxygen atoms in total. The molecule has 1 N–H and O–H groups in total. The first-order chi connectivity index (χ1) is 7.27. The van der Waals surface area contributed by atoms with Gasteiger partial charge in [0.25, 0.3) is 5.91 Å². The molecule has 1 fully saturated rings. The van der Waals surface area contributed by atoms with Crippen LogP contribution in [0, 0.1) is 0 Å². The number of likely N-dealkylation sites (tertiary alicyclic amines) is 1. The van der Waals surface area contributed by atoms with E-state index in [-0.39, 0.29) is 5.91 Å². The van der Waals surface area contributed by atoms with E-state index in [2.05, 4.69) is 22.2 Å². The van der Waals surface area contributed by atoms with Crippen LogP contribution in [0.4, 0.5) is 0 Å². The number of likely N-dealkylation sites (N-methyl/N-ethyl adjacent to an activating group) is 1. The molecule has 0 aromatic carbocycles. The monoisotopic (exact) mass is 205 g/mol. The highest BCUT2D eigenvalue weighted by Gasteiger charge is 2.24. The molecule has 0 saturated carbocycles. The fourth-order valence-corrected chi connectivity index (χ4v) is 1.63. The number of hydrogen-bond acceptors (Lipinski definition) is 3. The van der Waals surface area contributed by atoms with Crippen LogP contribution in [-0.4, -0.2) is 42.0 Å². The van der Waals surface area contributed by atoms with Crippen molar-refractivity contribution in [2.24, 2.45) is 0 Å². The molecule has 4 heteroatoms. The first kappa shape index (κ1) is 10.1. The van der Waals surface area contributed by atoms with Crippen molar-refractivity contribution in [3.63, 3.8) is 0 Å². The zero-order valence-corrected chi connectivity index (χ0v) is 8.81. The van der Waals surface area contributed by atoms with Gasteiger partial charge in [-0.15, -0.1) is 0 Å². The second-order valence-electron chi connectivity index (χ2n) is 3.85. The Kier molecular flexibility index (Phi) is 2.97. The van der Waals surface area contributed by atoms with Crippen molar-refractivity contribution in [3.05, 3.63) is 30.1 Å². The molecule has 80 valence electrons. The van der Waals surface area contributed by atoms with Gasteiger partial charge in [0.1, 0.15) is 5.69 Å². The molecule has 1 aromatic rings. The molecule has 2 rings (SSSR count). The zero-order valence-electron chi connectivity index (χ0n) is 8.81. The molecule has 2 heterocycles. The SMILES string of the molecule is CN1CC[C@H]1CNC(=O)c1ccccn1. The van der Waals surface area contributed by atoms with Gasteiger partial charge in [-0.3, -0.25) is 9.78 Å². The lowest BCUT2D eigenvalue weighted by Crippen LogP contribution is -2.51. The smallest absolute Gasteiger partial charge is 0.269 e. The van der Waals surface area contributed by atoms with Crippen molar-refractivity contribution in [1.82, 2.24) is 15.2 Å². The number of nitrogens with zero attached hydrogens (tertiary/aromatic N) is 2. The summed E-state index contributed by atoms with van der Waals surface area (Å²) in [6.45, 7) is 1.84. The van der Waals surface area contributed by atoms with E-state index >= 15 is 0 Å². The van der Waals surface area contributed by atoms with Crippen LogP contribution in [-0.2, 0) is 0 Å². The number of pyridine rings is 1. The summed E-state index contributed by atoms with van der Waals surface area (Å²) in [4.78, 5) is 17.8. The molecule has 1 atom stereocenters. The minimum atomic E-state index is -0.0871. The molecule has 0 bridgehead atoms. The maximum Gasteiger partial charge on any atom is 0.269 e. The normalized spacial score (nSPS) is 20.7. The lowest BCUT2D eigenvalue weighted by Gasteiger charge is -2.37. The van der Waals surface area contributed by atoms with Crippen molar-refractivity contribution in [2.75, 3.05) is 20.1 Å². The summed E-state index contributed by atoms with van der Waals surface area (Å²) < 4.78 is 0. The number of hydrogen-bond donors (Lipinski definition) is 1. The van der Waals surface area contributed by atoms with Crippen molar-refractivity contribution in [2.45, 2.75) is 12.5 Å². The number of rotatable bonds is 3. The minimum Gasteiger partial charge on any atom is -0.349 e. The molecule has 1 aliphatic rings. The van der Waals surface area contributed by atoms with E-state index < -0.39 is 0 Å². The lowest BCUT2D eigenvalue weighted by atomic mass is 10.1. The quantitative estimate of drug-likeness (QED) is 0.782. The predicted molar refractivity (Wildman–Crippen MR) is 57.6 cm³/mol. The Bertz CT molecular complexity index is 339. The van der Waals surface area contributed by atoms with Gasteiger partial charge in [-0.1, -0.05) is 6.07 Å². The molecule has 0 spiro atoms. The number of nitrogens with one attached hydrogen (secondary N) is 1. The van der Waals surface area contributed by atoms with Crippen LogP contribution in [0.15, 0.2) is 24.4 Å². The minimum absolute atomic E-state index is 0.0871. The van der Waals surface area contributed by atoms with Gasteiger partial charge in [0, 0.05) is 18.8 Å². The Balaban J connectivity index is 1.83. The van der Waals surface area contributed by atoms with Crippen molar-refractivity contribution < 1.29 is 4.79 Å². The van der Waals surface area contributed by atoms with E-state index in [1.54, 1.807) is 18.3 Å². The molecule has 1 saturated heterocycles. The van der Waals surface area contributed by atoms with Crippen molar-refractivity contribution in [3.8, 4) is 0 Å². The Labute approximate surface area is 89.3 Å². The summed E-state index contributed by atoms with van der Waals surface area (Å²) in [5, 5.41) is 2.89. The summed E-state index contributed by atoms with van der Waals surface area (Å²) in [7, 11) is 2.07. The molecule has 1 aliphatic heterocycles. The van der Waals surface area contributed by atoms with Gasteiger partial charge < -0.3 is 10.2 Å². The Morgan fingerprint density at radius 1 is 1.67 bits per heavy atom. The third kappa shape index (κ3) is 2.33. The number of amides is 1. The molecule has 1 amide bonds. The molecule has 0 unspecified atom stereocenters. The van der Waals surface area contributed by atoms with Gasteiger partial charge in [-0.05, 0) is 32.1 Å². The van der Waals surface area contributed by atoms with E-state index in [1.807, 2.05) is 6.07 Å². The second-order valence-corrected chi connectivity index (χ2v) is 3.85. The third-order valence-corrected chi connectivity index (χ3v) is 2.83. The average Bonchev–Trinajstić information content (AvgIpc) is 2.28. The Morgan fingerprint density at radius 2 is 2.53 bits per heavy atom. The van der Waals surface area contributed by atoms with Gasteiger partial charge >= 0.3 is 0 Å².